The quantitative estimate of drug-likeness (QED) is 0.790. The van der Waals surface area contributed by atoms with Crippen molar-refractivity contribution in [2.45, 2.75) is 32.2 Å². The largest absolute Gasteiger partial charge is 0.335 e. The maximum atomic E-state index is 12.7. The van der Waals surface area contributed by atoms with Gasteiger partial charge in [0.2, 0.25) is 10.0 Å². The van der Waals surface area contributed by atoms with Crippen molar-refractivity contribution in [3.63, 3.8) is 0 Å². The van der Waals surface area contributed by atoms with Gasteiger partial charge in [-0.3, -0.25) is 9.69 Å². The highest BCUT2D eigenvalue weighted by molar-refractivity contribution is 7.88. The smallest absolute Gasteiger partial charge is 0.264 e. The number of hydrogen-bond donors (Lipinski definition) is 0. The minimum atomic E-state index is -3.14. The second-order valence-corrected chi connectivity index (χ2v) is 10.0. The lowest BCUT2D eigenvalue weighted by Gasteiger charge is -2.45. The van der Waals surface area contributed by atoms with Crippen LogP contribution in [0.15, 0.2) is 11.4 Å². The number of piperazine rings is 1. The minimum Gasteiger partial charge on any atom is -0.335 e. The van der Waals surface area contributed by atoms with E-state index in [-0.39, 0.29) is 11.4 Å². The molecule has 8 heteroatoms. The molecule has 2 saturated heterocycles. The molecular formula is C17H27N3O3S2. The molecule has 0 N–H and O–H groups in total. The number of carbonyl (C=O) groups excluding carboxylic acids is 1. The fourth-order valence-electron chi connectivity index (χ4n) is 3.99. The first kappa shape index (κ1) is 18.8. The van der Waals surface area contributed by atoms with Gasteiger partial charge in [0.15, 0.2) is 0 Å². The highest BCUT2D eigenvalue weighted by Gasteiger charge is 2.45. The van der Waals surface area contributed by atoms with Crippen molar-refractivity contribution in [3.05, 3.63) is 21.9 Å². The molecule has 1 amide bonds. The van der Waals surface area contributed by atoms with Crippen LogP contribution in [0.3, 0.4) is 0 Å². The molecule has 2 aliphatic heterocycles. The molecule has 3 heterocycles. The third-order valence-electron chi connectivity index (χ3n) is 5.72. The Labute approximate surface area is 154 Å². The summed E-state index contributed by atoms with van der Waals surface area (Å²) >= 11 is 1.51. The first-order valence-electron chi connectivity index (χ1n) is 8.80. The van der Waals surface area contributed by atoms with Crippen molar-refractivity contribution < 1.29 is 13.2 Å². The second-order valence-electron chi connectivity index (χ2n) is 7.14. The van der Waals surface area contributed by atoms with E-state index in [1.807, 2.05) is 23.3 Å². The van der Waals surface area contributed by atoms with E-state index in [1.165, 1.54) is 17.6 Å². The Morgan fingerprint density at radius 2 is 1.92 bits per heavy atom. The van der Waals surface area contributed by atoms with Gasteiger partial charge in [-0.25, -0.2) is 12.7 Å². The molecule has 1 unspecified atom stereocenters. The zero-order valence-corrected chi connectivity index (χ0v) is 16.8. The van der Waals surface area contributed by atoms with E-state index in [4.69, 9.17) is 0 Å². The highest BCUT2D eigenvalue weighted by Crippen LogP contribution is 2.33. The van der Waals surface area contributed by atoms with Crippen LogP contribution in [0.4, 0.5) is 0 Å². The van der Waals surface area contributed by atoms with Crippen LogP contribution in [0.2, 0.25) is 0 Å². The number of sulfonamides is 1. The molecule has 0 saturated carbocycles. The number of hydrogen-bond acceptors (Lipinski definition) is 5. The molecule has 0 aromatic carbocycles. The predicted octanol–water partition coefficient (Wildman–Crippen LogP) is 1.63. The van der Waals surface area contributed by atoms with Crippen molar-refractivity contribution in [3.8, 4) is 0 Å². The number of rotatable bonds is 4. The summed E-state index contributed by atoms with van der Waals surface area (Å²) in [7, 11) is -3.14. The van der Waals surface area contributed by atoms with Crippen LogP contribution in [0, 0.1) is 6.92 Å². The predicted molar refractivity (Wildman–Crippen MR) is 101 cm³/mol. The van der Waals surface area contributed by atoms with E-state index in [0.29, 0.717) is 26.2 Å². The minimum absolute atomic E-state index is 0.0862. The molecule has 6 nitrogen and oxygen atoms in total. The average Bonchev–Trinajstić information content (AvgIpc) is 3.21. The molecule has 3 rings (SSSR count). The van der Waals surface area contributed by atoms with E-state index < -0.39 is 10.0 Å². The second kappa shape index (κ2) is 6.98. The van der Waals surface area contributed by atoms with Crippen molar-refractivity contribution in [2.24, 2.45) is 0 Å². The zero-order chi connectivity index (χ0) is 18.2. The van der Waals surface area contributed by atoms with Gasteiger partial charge in [0.25, 0.3) is 5.91 Å². The van der Waals surface area contributed by atoms with Crippen molar-refractivity contribution in [2.75, 3.05) is 45.5 Å². The Bertz CT molecular complexity index is 738. The average molecular weight is 386 g/mol. The summed E-state index contributed by atoms with van der Waals surface area (Å²) in [6, 6.07) is 1.98. The number of amides is 1. The molecule has 1 aromatic rings. The van der Waals surface area contributed by atoms with E-state index in [1.54, 1.807) is 4.31 Å². The maximum Gasteiger partial charge on any atom is 0.264 e. The van der Waals surface area contributed by atoms with Crippen LogP contribution >= 0.6 is 11.3 Å². The number of thiophene rings is 1. The first-order valence-corrected chi connectivity index (χ1v) is 11.5. The lowest BCUT2D eigenvalue weighted by Crippen LogP contribution is -2.59. The molecule has 140 valence electrons. The third kappa shape index (κ3) is 3.63. The Hall–Kier alpha value is -0.960. The Balaban J connectivity index is 1.65. The molecule has 0 aliphatic carbocycles. The first-order chi connectivity index (χ1) is 11.8. The van der Waals surface area contributed by atoms with Gasteiger partial charge in [-0.2, -0.15) is 0 Å². The Morgan fingerprint density at radius 1 is 1.24 bits per heavy atom. The maximum absolute atomic E-state index is 12.7. The standard InChI is InChI=1S/C17H27N3O3S2/c1-4-17(6-7-20(13-17)25(3,22)23)19-10-8-18(9-11-19)16(21)15-14(2)5-12-24-15/h5,12H,4,6-11,13H2,1-3H3. The van der Waals surface area contributed by atoms with E-state index >= 15 is 0 Å². The summed E-state index contributed by atoms with van der Waals surface area (Å²) < 4.78 is 25.4. The number of nitrogens with zero attached hydrogens (tertiary/aromatic N) is 3. The lowest BCUT2D eigenvalue weighted by molar-refractivity contribution is 0.0315. The molecule has 0 spiro atoms. The normalized spacial score (nSPS) is 26.3. The van der Waals surface area contributed by atoms with Gasteiger partial charge in [-0.1, -0.05) is 6.92 Å². The summed E-state index contributed by atoms with van der Waals surface area (Å²) in [5.74, 6) is 0.127. The fraction of sp³-hybridized carbons (Fsp3) is 0.706. The summed E-state index contributed by atoms with van der Waals surface area (Å²) in [4.78, 5) is 17.8. The molecule has 1 atom stereocenters. The van der Waals surface area contributed by atoms with E-state index in [0.717, 1.165) is 36.4 Å². The number of aryl methyl sites for hydroxylation is 1. The van der Waals surface area contributed by atoms with Crippen LogP contribution in [0.1, 0.15) is 35.0 Å². The molecular weight excluding hydrogens is 358 g/mol. The van der Waals surface area contributed by atoms with Gasteiger partial charge in [0.05, 0.1) is 11.1 Å². The van der Waals surface area contributed by atoms with Gasteiger partial charge in [0.1, 0.15) is 0 Å². The van der Waals surface area contributed by atoms with Crippen LogP contribution in [-0.2, 0) is 10.0 Å². The zero-order valence-electron chi connectivity index (χ0n) is 15.2. The summed E-state index contributed by atoms with van der Waals surface area (Å²) in [5.41, 5.74) is 0.957. The lowest BCUT2D eigenvalue weighted by atomic mass is 9.92. The van der Waals surface area contributed by atoms with Crippen molar-refractivity contribution in [1.29, 1.82) is 0 Å². The molecule has 2 aliphatic rings. The molecule has 25 heavy (non-hydrogen) atoms. The van der Waals surface area contributed by atoms with Gasteiger partial charge in [-0.05, 0) is 36.8 Å². The van der Waals surface area contributed by atoms with Crippen LogP contribution in [0.5, 0.6) is 0 Å². The summed E-state index contributed by atoms with van der Waals surface area (Å²) in [6.07, 6.45) is 3.09. The van der Waals surface area contributed by atoms with Crippen LogP contribution < -0.4 is 0 Å². The van der Waals surface area contributed by atoms with Crippen molar-refractivity contribution >= 4 is 27.3 Å². The SMILES string of the molecule is CCC1(N2CCN(C(=O)c3sccc3C)CC2)CCN(S(C)(=O)=O)C1. The van der Waals surface area contributed by atoms with E-state index in [2.05, 4.69) is 11.8 Å². The van der Waals surface area contributed by atoms with Crippen LogP contribution in [-0.4, -0.2) is 79.5 Å². The van der Waals surface area contributed by atoms with Gasteiger partial charge >= 0.3 is 0 Å². The Kier molecular flexibility index (Phi) is 5.26. The third-order valence-corrected chi connectivity index (χ3v) is 7.97. The summed E-state index contributed by atoms with van der Waals surface area (Å²) in [6.45, 7) is 8.31. The highest BCUT2D eigenvalue weighted by atomic mass is 32.2. The fourth-order valence-corrected chi connectivity index (χ4v) is 5.78. The van der Waals surface area contributed by atoms with E-state index in [9.17, 15) is 13.2 Å². The molecule has 0 radical (unpaired) electrons. The Morgan fingerprint density at radius 3 is 2.40 bits per heavy atom. The molecule has 2 fully saturated rings. The molecule has 0 bridgehead atoms. The van der Waals surface area contributed by atoms with Crippen molar-refractivity contribution in [1.82, 2.24) is 14.1 Å². The van der Waals surface area contributed by atoms with Gasteiger partial charge < -0.3 is 4.90 Å². The molecule has 1 aromatic heterocycles. The summed E-state index contributed by atoms with van der Waals surface area (Å²) in [5, 5.41) is 1.96. The van der Waals surface area contributed by atoms with Gasteiger partial charge in [0, 0.05) is 44.8 Å². The topological polar surface area (TPSA) is 60.9 Å². The van der Waals surface area contributed by atoms with Crippen LogP contribution in [0.25, 0.3) is 0 Å². The van der Waals surface area contributed by atoms with Gasteiger partial charge in [-0.15, -0.1) is 11.3 Å². The monoisotopic (exact) mass is 385 g/mol. The number of carbonyl (C=O) groups is 1.